The third kappa shape index (κ3) is 5.91. The number of carbonyl (C=O) groups excluding carboxylic acids is 1. The maximum atomic E-state index is 13.9. The summed E-state index contributed by atoms with van der Waals surface area (Å²) in [7, 11) is 3.11. The second-order valence-corrected chi connectivity index (χ2v) is 8.65. The first-order valence-corrected chi connectivity index (χ1v) is 11.5. The number of benzene rings is 2. The number of piperidine rings is 1. The van der Waals surface area contributed by atoms with Crippen LogP contribution in [0, 0.1) is 5.82 Å². The summed E-state index contributed by atoms with van der Waals surface area (Å²) in [6.07, 6.45) is 1.04. The van der Waals surface area contributed by atoms with E-state index in [0.29, 0.717) is 54.7 Å². The van der Waals surface area contributed by atoms with E-state index in [0.717, 1.165) is 5.56 Å². The van der Waals surface area contributed by atoms with E-state index in [4.69, 9.17) is 31.3 Å². The van der Waals surface area contributed by atoms with Crippen LogP contribution >= 0.6 is 12.2 Å². The van der Waals surface area contributed by atoms with Crippen LogP contribution in [0.3, 0.4) is 0 Å². The van der Waals surface area contributed by atoms with E-state index in [9.17, 15) is 9.18 Å². The van der Waals surface area contributed by atoms with Crippen LogP contribution in [-0.4, -0.2) is 54.9 Å². The van der Waals surface area contributed by atoms with Crippen LogP contribution < -0.4 is 20.1 Å². The number of anilines is 1. The third-order valence-corrected chi connectivity index (χ3v) is 6.35. The smallest absolute Gasteiger partial charge is 0.414 e. The molecule has 2 N–H and O–H groups in total. The van der Waals surface area contributed by atoms with Gasteiger partial charge in [-0.15, -0.1) is 0 Å². The van der Waals surface area contributed by atoms with E-state index < -0.39 is 11.7 Å². The number of nitrogens with one attached hydrogen (secondary N) is 2. The van der Waals surface area contributed by atoms with E-state index in [1.54, 1.807) is 44.6 Å². The van der Waals surface area contributed by atoms with Crippen molar-refractivity contribution >= 4 is 35.0 Å². The molecule has 0 saturated carbocycles. The normalized spacial score (nSPS) is 16.2. The molecule has 0 radical (unpaired) electrons. The maximum Gasteiger partial charge on any atom is 0.414 e. The molecule has 2 aliphatic heterocycles. The summed E-state index contributed by atoms with van der Waals surface area (Å²) < 4.78 is 29.7. The molecule has 35 heavy (non-hydrogen) atoms. The van der Waals surface area contributed by atoms with Crippen molar-refractivity contribution in [3.8, 4) is 11.5 Å². The van der Waals surface area contributed by atoms with Crippen molar-refractivity contribution in [2.24, 2.45) is 5.16 Å². The molecule has 1 amide bonds. The lowest BCUT2D eigenvalue weighted by Crippen LogP contribution is -2.48. The number of rotatable bonds is 5. The average Bonchev–Trinajstić information content (AvgIpc) is 3.25. The first-order valence-electron chi connectivity index (χ1n) is 11.1. The van der Waals surface area contributed by atoms with Crippen molar-refractivity contribution in [3.63, 3.8) is 0 Å². The molecular formula is C24H27FN4O5S. The molecule has 1 saturated heterocycles. The van der Waals surface area contributed by atoms with Gasteiger partial charge >= 0.3 is 6.09 Å². The maximum absolute atomic E-state index is 13.9. The molecule has 0 atom stereocenters. The van der Waals surface area contributed by atoms with Crippen LogP contribution in [0.4, 0.5) is 14.9 Å². The van der Waals surface area contributed by atoms with E-state index in [1.165, 1.54) is 6.07 Å². The highest BCUT2D eigenvalue weighted by Gasteiger charge is 2.44. The number of ether oxygens (including phenoxy) is 3. The molecule has 1 spiro atoms. The third-order valence-electron chi connectivity index (χ3n) is 5.99. The molecule has 9 nitrogen and oxygen atoms in total. The molecule has 0 aliphatic carbocycles. The second-order valence-electron chi connectivity index (χ2n) is 8.27. The van der Waals surface area contributed by atoms with E-state index in [-0.39, 0.29) is 18.3 Å². The number of carbonyl (C=O) groups is 1. The number of alkyl carbamates (subject to hydrolysis) is 1. The molecule has 4 rings (SSSR count). The Morgan fingerprint density at radius 2 is 1.91 bits per heavy atom. The van der Waals surface area contributed by atoms with Gasteiger partial charge in [0.1, 0.15) is 11.4 Å². The molecule has 2 aliphatic rings. The highest BCUT2D eigenvalue weighted by molar-refractivity contribution is 7.80. The predicted molar refractivity (Wildman–Crippen MR) is 132 cm³/mol. The van der Waals surface area contributed by atoms with Crippen molar-refractivity contribution in [3.05, 3.63) is 53.8 Å². The summed E-state index contributed by atoms with van der Waals surface area (Å²) in [6, 6.07) is 11.8. The minimum Gasteiger partial charge on any atom is -0.493 e. The zero-order valence-electron chi connectivity index (χ0n) is 19.5. The fraction of sp³-hybridized carbons (Fsp3) is 0.375. The number of para-hydroxylation sites is 1. The fourth-order valence-corrected chi connectivity index (χ4v) is 4.29. The lowest BCUT2D eigenvalue weighted by molar-refractivity contribution is -0.0521. The minimum absolute atomic E-state index is 0.232. The molecule has 0 bridgehead atoms. The van der Waals surface area contributed by atoms with Crippen molar-refractivity contribution in [2.75, 3.05) is 32.6 Å². The van der Waals surface area contributed by atoms with Gasteiger partial charge in [-0.3, -0.25) is 0 Å². The largest absolute Gasteiger partial charge is 0.493 e. The lowest BCUT2D eigenvalue weighted by atomic mass is 9.88. The van der Waals surface area contributed by atoms with E-state index in [2.05, 4.69) is 15.8 Å². The Balaban J connectivity index is 1.22. The van der Waals surface area contributed by atoms with Crippen LogP contribution in [0.25, 0.3) is 0 Å². The molecule has 2 aromatic rings. The van der Waals surface area contributed by atoms with E-state index >= 15 is 0 Å². The standard InChI is InChI=1S/C24H27FN4O5S/c1-31-19-8-7-16(13-20(19)32-2)15-26-23(30)33-21-14-24(34-28-21)9-11-29(12-10-24)22(35)27-18-6-4-3-5-17(18)25/h3-8,13H,9-12,14-15H2,1-2H3,(H,26,30)(H,27,35). The van der Waals surface area contributed by atoms with Gasteiger partial charge in [-0.1, -0.05) is 23.4 Å². The molecule has 11 heteroatoms. The van der Waals surface area contributed by atoms with Gasteiger partial charge in [-0.25, -0.2) is 9.18 Å². The molecule has 2 heterocycles. The summed E-state index contributed by atoms with van der Waals surface area (Å²) >= 11 is 5.44. The molecule has 1 fully saturated rings. The van der Waals surface area contributed by atoms with Crippen LogP contribution in [0.1, 0.15) is 24.8 Å². The Morgan fingerprint density at radius 1 is 1.17 bits per heavy atom. The monoisotopic (exact) mass is 502 g/mol. The van der Waals surface area contributed by atoms with Gasteiger partial charge in [0.25, 0.3) is 0 Å². The Kier molecular flexibility index (Phi) is 7.54. The van der Waals surface area contributed by atoms with E-state index in [1.807, 2.05) is 11.0 Å². The van der Waals surface area contributed by atoms with Gasteiger partial charge in [0.05, 0.1) is 26.3 Å². The zero-order chi connectivity index (χ0) is 24.8. The van der Waals surface area contributed by atoms with Crippen molar-refractivity contribution in [1.82, 2.24) is 10.2 Å². The summed E-state index contributed by atoms with van der Waals surface area (Å²) in [5, 5.41) is 10.1. The predicted octanol–water partition coefficient (Wildman–Crippen LogP) is 4.03. The first-order chi connectivity index (χ1) is 16.9. The van der Waals surface area contributed by atoms with Gasteiger partial charge in [0.2, 0.25) is 5.90 Å². The van der Waals surface area contributed by atoms with Gasteiger partial charge in [0, 0.05) is 32.5 Å². The molecule has 186 valence electrons. The van der Waals surface area contributed by atoms with Crippen molar-refractivity contribution in [2.45, 2.75) is 31.4 Å². The number of oxime groups is 1. The molecule has 2 aromatic carbocycles. The molecular weight excluding hydrogens is 475 g/mol. The molecule has 0 unspecified atom stereocenters. The Morgan fingerprint density at radius 3 is 2.63 bits per heavy atom. The number of nitrogens with zero attached hydrogens (tertiary/aromatic N) is 2. The Labute approximate surface area is 208 Å². The van der Waals surface area contributed by atoms with Crippen LogP contribution in [0.15, 0.2) is 47.6 Å². The van der Waals surface area contributed by atoms with Crippen molar-refractivity contribution < 1.29 is 28.2 Å². The summed E-state index contributed by atoms with van der Waals surface area (Å²) in [5.41, 5.74) is 0.629. The number of likely N-dealkylation sites (tertiary alicyclic amines) is 1. The quantitative estimate of drug-likeness (QED) is 0.592. The van der Waals surface area contributed by atoms with Gasteiger partial charge in [0.15, 0.2) is 16.6 Å². The van der Waals surface area contributed by atoms with Gasteiger partial charge in [-0.05, 0) is 42.0 Å². The summed E-state index contributed by atoms with van der Waals surface area (Å²) in [4.78, 5) is 19.9. The Bertz CT molecular complexity index is 1120. The summed E-state index contributed by atoms with van der Waals surface area (Å²) in [6.45, 7) is 1.46. The van der Waals surface area contributed by atoms with Crippen molar-refractivity contribution in [1.29, 1.82) is 0 Å². The Hall–Kier alpha value is -3.60. The summed E-state index contributed by atoms with van der Waals surface area (Å²) in [5.74, 6) is 1.05. The second kappa shape index (κ2) is 10.8. The van der Waals surface area contributed by atoms with Gasteiger partial charge < -0.3 is 34.6 Å². The van der Waals surface area contributed by atoms with Gasteiger partial charge in [-0.2, -0.15) is 0 Å². The SMILES string of the molecule is COc1ccc(CNC(=O)OC2=NOC3(CCN(C(=S)Nc4ccccc4F)CC3)C2)cc1OC. The number of hydrogen-bond donors (Lipinski definition) is 2. The fourth-order valence-electron chi connectivity index (χ4n) is 3.99. The zero-order valence-corrected chi connectivity index (χ0v) is 20.3. The number of hydrogen-bond acceptors (Lipinski definition) is 7. The average molecular weight is 503 g/mol. The lowest BCUT2D eigenvalue weighted by Gasteiger charge is -2.38. The topological polar surface area (TPSA) is 93.7 Å². The first kappa shape index (κ1) is 24.5. The van der Waals surface area contributed by atoms with Crippen LogP contribution in [0.2, 0.25) is 0 Å². The number of methoxy groups -OCH3 is 2. The number of amides is 1. The highest BCUT2D eigenvalue weighted by atomic mass is 32.1. The number of thiocarbonyl (C=S) groups is 1. The van der Waals surface area contributed by atoms with Crippen LogP contribution in [0.5, 0.6) is 11.5 Å². The van der Waals surface area contributed by atoms with Crippen LogP contribution in [-0.2, 0) is 16.1 Å². The minimum atomic E-state index is -0.619. The molecule has 0 aromatic heterocycles. The number of halogens is 1. The highest BCUT2D eigenvalue weighted by Crippen LogP contribution is 2.35.